The lowest BCUT2D eigenvalue weighted by Crippen LogP contribution is -2.15. The highest BCUT2D eigenvalue weighted by molar-refractivity contribution is 5.98. The number of hydrogen-bond donors (Lipinski definition) is 1. The second-order valence-electron chi connectivity index (χ2n) is 6.16. The quantitative estimate of drug-likeness (QED) is 0.504. The SMILES string of the molecule is COC(=O)/C=C(/Nc1ccc(-n2ccc(-c3cnn(C)c3C)n2)cc1)C(=O)OC. The third-order valence-corrected chi connectivity index (χ3v) is 4.38. The van der Waals surface area contributed by atoms with E-state index in [1.165, 1.54) is 14.2 Å². The molecule has 2 heterocycles. The molecule has 0 aliphatic rings. The Bertz CT molecular complexity index is 1060. The summed E-state index contributed by atoms with van der Waals surface area (Å²) in [4.78, 5) is 23.3. The normalized spacial score (nSPS) is 11.2. The zero-order chi connectivity index (χ0) is 21.0. The molecule has 0 aliphatic carbocycles. The fourth-order valence-corrected chi connectivity index (χ4v) is 2.65. The summed E-state index contributed by atoms with van der Waals surface area (Å²) >= 11 is 0. The van der Waals surface area contributed by atoms with E-state index in [2.05, 4.69) is 25.0 Å². The maximum Gasteiger partial charge on any atom is 0.354 e. The van der Waals surface area contributed by atoms with Crippen molar-refractivity contribution in [3.8, 4) is 16.9 Å². The minimum atomic E-state index is -0.678. The van der Waals surface area contributed by atoms with Gasteiger partial charge in [-0.15, -0.1) is 0 Å². The first-order valence-electron chi connectivity index (χ1n) is 8.73. The van der Waals surface area contributed by atoms with E-state index in [1.807, 2.05) is 38.4 Å². The minimum absolute atomic E-state index is 0.0273. The van der Waals surface area contributed by atoms with Crippen LogP contribution in [0.4, 0.5) is 5.69 Å². The predicted molar refractivity (Wildman–Crippen MR) is 106 cm³/mol. The van der Waals surface area contributed by atoms with Crippen LogP contribution in [0.3, 0.4) is 0 Å². The highest BCUT2D eigenvalue weighted by Gasteiger charge is 2.13. The van der Waals surface area contributed by atoms with Crippen molar-refractivity contribution in [1.29, 1.82) is 0 Å². The van der Waals surface area contributed by atoms with Gasteiger partial charge < -0.3 is 14.8 Å². The fourth-order valence-electron chi connectivity index (χ4n) is 2.65. The van der Waals surface area contributed by atoms with E-state index in [-0.39, 0.29) is 5.70 Å². The monoisotopic (exact) mass is 395 g/mol. The highest BCUT2D eigenvalue weighted by atomic mass is 16.5. The smallest absolute Gasteiger partial charge is 0.354 e. The first-order chi connectivity index (χ1) is 13.9. The van der Waals surface area contributed by atoms with E-state index in [4.69, 9.17) is 0 Å². The van der Waals surface area contributed by atoms with Gasteiger partial charge in [-0.25, -0.2) is 14.3 Å². The standard InChI is InChI=1S/C20H21N5O4/c1-13-16(12-21-24(13)2)17-9-10-25(23-17)15-7-5-14(6-8-15)22-18(20(27)29-4)11-19(26)28-3/h5-12,22H,1-4H3/b18-11+. The molecule has 9 heteroatoms. The van der Waals surface area contributed by atoms with Gasteiger partial charge >= 0.3 is 11.9 Å². The van der Waals surface area contributed by atoms with E-state index in [0.717, 1.165) is 28.7 Å². The van der Waals surface area contributed by atoms with Crippen molar-refractivity contribution in [2.24, 2.45) is 7.05 Å². The van der Waals surface area contributed by atoms with Crippen LogP contribution in [-0.4, -0.2) is 45.7 Å². The number of carbonyl (C=O) groups excluding carboxylic acids is 2. The number of benzene rings is 1. The van der Waals surface area contributed by atoms with Gasteiger partial charge in [0.1, 0.15) is 5.70 Å². The molecule has 0 atom stereocenters. The lowest BCUT2D eigenvalue weighted by atomic mass is 10.2. The summed E-state index contributed by atoms with van der Waals surface area (Å²) in [5, 5.41) is 11.7. The molecule has 0 saturated carbocycles. The summed E-state index contributed by atoms with van der Waals surface area (Å²) in [6.07, 6.45) is 4.69. The lowest BCUT2D eigenvalue weighted by Gasteiger charge is -2.10. The van der Waals surface area contributed by atoms with E-state index in [0.29, 0.717) is 5.69 Å². The number of ether oxygens (including phenoxy) is 2. The van der Waals surface area contributed by atoms with Gasteiger partial charge in [0.05, 0.1) is 37.9 Å². The number of aryl methyl sites for hydroxylation is 1. The minimum Gasteiger partial charge on any atom is -0.466 e. The van der Waals surface area contributed by atoms with Crippen LogP contribution in [-0.2, 0) is 26.1 Å². The van der Waals surface area contributed by atoms with Crippen molar-refractivity contribution in [2.45, 2.75) is 6.92 Å². The summed E-state index contributed by atoms with van der Waals surface area (Å²) in [6, 6.07) is 9.12. The van der Waals surface area contributed by atoms with Gasteiger partial charge in [0.25, 0.3) is 0 Å². The lowest BCUT2D eigenvalue weighted by molar-refractivity contribution is -0.138. The van der Waals surface area contributed by atoms with Crippen LogP contribution in [0.5, 0.6) is 0 Å². The zero-order valence-electron chi connectivity index (χ0n) is 16.5. The Kier molecular flexibility index (Phi) is 5.77. The van der Waals surface area contributed by atoms with E-state index >= 15 is 0 Å². The van der Waals surface area contributed by atoms with Crippen molar-refractivity contribution in [3.05, 3.63) is 60.2 Å². The average Bonchev–Trinajstić information content (AvgIpc) is 3.34. The third kappa shape index (κ3) is 4.34. The number of nitrogens with one attached hydrogen (secondary N) is 1. The number of nitrogens with zero attached hydrogens (tertiary/aromatic N) is 4. The fraction of sp³-hybridized carbons (Fsp3) is 0.200. The first kappa shape index (κ1) is 19.9. The number of carbonyl (C=O) groups is 2. The van der Waals surface area contributed by atoms with Gasteiger partial charge in [0.2, 0.25) is 0 Å². The number of methoxy groups -OCH3 is 2. The van der Waals surface area contributed by atoms with Crippen molar-refractivity contribution in [3.63, 3.8) is 0 Å². The molecule has 1 N–H and O–H groups in total. The Morgan fingerprint density at radius 2 is 1.83 bits per heavy atom. The second kappa shape index (κ2) is 8.42. The number of esters is 2. The van der Waals surface area contributed by atoms with Gasteiger partial charge in [-0.3, -0.25) is 4.68 Å². The predicted octanol–water partition coefficient (Wildman–Crippen LogP) is 2.22. The largest absolute Gasteiger partial charge is 0.466 e. The summed E-state index contributed by atoms with van der Waals surface area (Å²) in [6.45, 7) is 1.99. The Morgan fingerprint density at radius 1 is 1.10 bits per heavy atom. The van der Waals surface area contributed by atoms with Crippen molar-refractivity contribution in [1.82, 2.24) is 19.6 Å². The Balaban J connectivity index is 1.80. The molecule has 0 spiro atoms. The number of aromatic nitrogens is 4. The molecule has 29 heavy (non-hydrogen) atoms. The van der Waals surface area contributed by atoms with Gasteiger partial charge in [0, 0.05) is 30.2 Å². The number of anilines is 1. The Hall–Kier alpha value is -3.88. The van der Waals surface area contributed by atoms with Crippen molar-refractivity contribution < 1.29 is 19.1 Å². The van der Waals surface area contributed by atoms with Gasteiger partial charge in [0.15, 0.2) is 0 Å². The number of hydrogen-bond acceptors (Lipinski definition) is 7. The molecule has 0 radical (unpaired) electrons. The molecule has 0 amide bonds. The average molecular weight is 395 g/mol. The maximum atomic E-state index is 11.8. The summed E-state index contributed by atoms with van der Waals surface area (Å²) in [5.41, 5.74) is 4.24. The Morgan fingerprint density at radius 3 is 2.41 bits per heavy atom. The van der Waals surface area contributed by atoms with E-state index in [9.17, 15) is 9.59 Å². The molecule has 0 unspecified atom stereocenters. The van der Waals surface area contributed by atoms with Crippen LogP contribution in [0.25, 0.3) is 16.9 Å². The molecule has 0 saturated heterocycles. The van der Waals surface area contributed by atoms with Crippen molar-refractivity contribution >= 4 is 17.6 Å². The molecule has 3 aromatic rings. The van der Waals surface area contributed by atoms with Gasteiger partial charge in [-0.1, -0.05) is 0 Å². The van der Waals surface area contributed by atoms with Crippen LogP contribution in [0.1, 0.15) is 5.69 Å². The van der Waals surface area contributed by atoms with Crippen LogP contribution >= 0.6 is 0 Å². The topological polar surface area (TPSA) is 100 Å². The molecule has 0 fully saturated rings. The Labute approximate surface area is 167 Å². The van der Waals surface area contributed by atoms with Crippen LogP contribution in [0.2, 0.25) is 0 Å². The van der Waals surface area contributed by atoms with Gasteiger partial charge in [-0.05, 0) is 37.3 Å². The van der Waals surface area contributed by atoms with Crippen LogP contribution in [0.15, 0.2) is 54.5 Å². The highest BCUT2D eigenvalue weighted by Crippen LogP contribution is 2.22. The summed E-state index contributed by atoms with van der Waals surface area (Å²) in [7, 11) is 4.35. The summed E-state index contributed by atoms with van der Waals surface area (Å²) in [5.74, 6) is -1.34. The molecule has 3 rings (SSSR count). The summed E-state index contributed by atoms with van der Waals surface area (Å²) < 4.78 is 12.8. The number of rotatable bonds is 6. The first-order valence-corrected chi connectivity index (χ1v) is 8.73. The molecule has 150 valence electrons. The molecule has 0 bridgehead atoms. The van der Waals surface area contributed by atoms with Crippen molar-refractivity contribution in [2.75, 3.05) is 19.5 Å². The molecule has 1 aromatic carbocycles. The second-order valence-corrected chi connectivity index (χ2v) is 6.16. The molecule has 9 nitrogen and oxygen atoms in total. The van der Waals surface area contributed by atoms with Crippen LogP contribution < -0.4 is 5.32 Å². The van der Waals surface area contributed by atoms with E-state index in [1.54, 1.807) is 27.7 Å². The van der Waals surface area contributed by atoms with Crippen LogP contribution in [0, 0.1) is 6.92 Å². The molecule has 2 aromatic heterocycles. The molecular weight excluding hydrogens is 374 g/mol. The third-order valence-electron chi connectivity index (χ3n) is 4.38. The molecule has 0 aliphatic heterocycles. The molecular formula is C20H21N5O4. The zero-order valence-corrected chi connectivity index (χ0v) is 16.5. The maximum absolute atomic E-state index is 11.8. The van der Waals surface area contributed by atoms with Gasteiger partial charge in [-0.2, -0.15) is 10.2 Å². The van der Waals surface area contributed by atoms with E-state index < -0.39 is 11.9 Å².